The van der Waals surface area contributed by atoms with Crippen LogP contribution in [-0.4, -0.2) is 17.1 Å². The summed E-state index contributed by atoms with van der Waals surface area (Å²) in [6.07, 6.45) is -4.65. The monoisotopic (exact) mass is 321 g/mol. The van der Waals surface area contributed by atoms with Crippen molar-refractivity contribution in [3.63, 3.8) is 0 Å². The van der Waals surface area contributed by atoms with E-state index in [1.54, 1.807) is 0 Å². The Labute approximate surface area is 121 Å². The van der Waals surface area contributed by atoms with E-state index in [0.717, 1.165) is 6.07 Å². The number of nitrogens with one attached hydrogen (secondary N) is 1. The molecule has 1 heterocycles. The lowest BCUT2D eigenvalue weighted by molar-refractivity contribution is -0.141. The summed E-state index contributed by atoms with van der Waals surface area (Å²) in [5.41, 5.74) is -0.893. The van der Waals surface area contributed by atoms with Crippen LogP contribution in [-0.2, 0) is 6.18 Å². The second-order valence-corrected chi connectivity index (χ2v) is 4.22. The second kappa shape index (κ2) is 5.72. The number of benzene rings is 1. The Kier molecular flexibility index (Phi) is 4.17. The normalized spacial score (nSPS) is 11.3. The van der Waals surface area contributed by atoms with Gasteiger partial charge in [-0.25, -0.2) is 14.4 Å². The molecule has 0 aliphatic carbocycles. The molecule has 0 radical (unpaired) electrons. The molecule has 0 aliphatic heterocycles. The Bertz CT molecular complexity index is 663. The molecule has 21 heavy (non-hydrogen) atoms. The number of hydrogen-bond donors (Lipinski definition) is 1. The maximum absolute atomic E-state index is 13.2. The van der Waals surface area contributed by atoms with E-state index in [0.29, 0.717) is 6.07 Å². The van der Waals surface area contributed by atoms with E-state index >= 15 is 0 Å². The van der Waals surface area contributed by atoms with Crippen LogP contribution in [0.15, 0.2) is 24.3 Å². The highest BCUT2D eigenvalue weighted by molar-refractivity contribution is 6.28. The van der Waals surface area contributed by atoms with Crippen molar-refractivity contribution in [1.29, 1.82) is 0 Å². The number of anilines is 2. The van der Waals surface area contributed by atoms with Gasteiger partial charge in [0.2, 0.25) is 5.28 Å². The Balaban J connectivity index is 2.33. The standard InChI is InChI=1S/C12H8ClF4N3O/c1-21-8-4-6(2-3-7(8)14)18-10-5-9(12(15,16)17)19-11(13)20-10/h2-5H,1H3,(H,18,19,20). The van der Waals surface area contributed by atoms with E-state index < -0.39 is 23.0 Å². The molecule has 4 nitrogen and oxygen atoms in total. The molecule has 0 fully saturated rings. The molecule has 0 spiro atoms. The number of rotatable bonds is 3. The van der Waals surface area contributed by atoms with E-state index in [1.807, 2.05) is 0 Å². The smallest absolute Gasteiger partial charge is 0.433 e. The first-order chi connectivity index (χ1) is 9.79. The SMILES string of the molecule is COc1cc(Nc2cc(C(F)(F)F)nc(Cl)n2)ccc1F. The van der Waals surface area contributed by atoms with Gasteiger partial charge in [0, 0.05) is 17.8 Å². The van der Waals surface area contributed by atoms with Crippen molar-refractivity contribution >= 4 is 23.1 Å². The summed E-state index contributed by atoms with van der Waals surface area (Å²) in [6, 6.07) is 4.40. The van der Waals surface area contributed by atoms with Crippen molar-refractivity contribution in [3.05, 3.63) is 41.1 Å². The van der Waals surface area contributed by atoms with E-state index in [4.69, 9.17) is 16.3 Å². The van der Waals surface area contributed by atoms with Crippen LogP contribution < -0.4 is 10.1 Å². The van der Waals surface area contributed by atoms with Gasteiger partial charge in [0.15, 0.2) is 17.3 Å². The number of ether oxygens (including phenoxy) is 1. The molecule has 1 N–H and O–H groups in total. The molecule has 0 amide bonds. The lowest BCUT2D eigenvalue weighted by atomic mass is 10.3. The van der Waals surface area contributed by atoms with Gasteiger partial charge in [0.25, 0.3) is 0 Å². The predicted octanol–water partition coefficient (Wildman–Crippen LogP) is 4.04. The summed E-state index contributed by atoms with van der Waals surface area (Å²) >= 11 is 5.46. The number of nitrogens with zero attached hydrogens (tertiary/aromatic N) is 2. The summed E-state index contributed by atoms with van der Waals surface area (Å²) in [6.45, 7) is 0. The van der Waals surface area contributed by atoms with E-state index in [1.165, 1.54) is 19.2 Å². The number of alkyl halides is 3. The first kappa shape index (κ1) is 15.3. The highest BCUT2D eigenvalue weighted by Crippen LogP contribution is 2.31. The zero-order valence-electron chi connectivity index (χ0n) is 10.5. The molecule has 1 aromatic carbocycles. The molecule has 2 aromatic rings. The van der Waals surface area contributed by atoms with Gasteiger partial charge in [-0.2, -0.15) is 13.2 Å². The van der Waals surface area contributed by atoms with Gasteiger partial charge in [0.05, 0.1) is 7.11 Å². The van der Waals surface area contributed by atoms with Gasteiger partial charge in [-0.3, -0.25) is 0 Å². The van der Waals surface area contributed by atoms with Crippen LogP contribution >= 0.6 is 11.6 Å². The molecule has 1 aromatic heterocycles. The van der Waals surface area contributed by atoms with Gasteiger partial charge < -0.3 is 10.1 Å². The number of halogens is 5. The molecule has 0 saturated carbocycles. The van der Waals surface area contributed by atoms with E-state index in [-0.39, 0.29) is 17.3 Å². The fraction of sp³-hybridized carbons (Fsp3) is 0.167. The fourth-order valence-electron chi connectivity index (χ4n) is 1.51. The average Bonchev–Trinajstić information content (AvgIpc) is 2.39. The summed E-state index contributed by atoms with van der Waals surface area (Å²) in [7, 11) is 1.27. The summed E-state index contributed by atoms with van der Waals surface area (Å²) in [4.78, 5) is 6.73. The van der Waals surface area contributed by atoms with Crippen LogP contribution in [0.1, 0.15) is 5.69 Å². The molecular formula is C12H8ClF4N3O. The Morgan fingerprint density at radius 3 is 2.52 bits per heavy atom. The highest BCUT2D eigenvalue weighted by Gasteiger charge is 2.33. The molecule has 9 heteroatoms. The molecule has 0 saturated heterocycles. The van der Waals surface area contributed by atoms with Crippen LogP contribution in [0.25, 0.3) is 0 Å². The van der Waals surface area contributed by atoms with Crippen molar-refractivity contribution in [3.8, 4) is 5.75 Å². The molecule has 112 valence electrons. The van der Waals surface area contributed by atoms with Crippen LogP contribution in [0, 0.1) is 5.82 Å². The van der Waals surface area contributed by atoms with Crippen molar-refractivity contribution in [2.75, 3.05) is 12.4 Å². The topological polar surface area (TPSA) is 47.0 Å². The minimum Gasteiger partial charge on any atom is -0.494 e. The van der Waals surface area contributed by atoms with Crippen LogP contribution in [0.4, 0.5) is 29.1 Å². The van der Waals surface area contributed by atoms with Crippen molar-refractivity contribution in [2.45, 2.75) is 6.18 Å². The minimum absolute atomic E-state index is 0.0591. The second-order valence-electron chi connectivity index (χ2n) is 3.88. The molecule has 0 unspecified atom stereocenters. The Morgan fingerprint density at radius 1 is 1.19 bits per heavy atom. The third-order valence-corrected chi connectivity index (χ3v) is 2.58. The zero-order chi connectivity index (χ0) is 15.6. The van der Waals surface area contributed by atoms with Gasteiger partial charge in [-0.1, -0.05) is 0 Å². The van der Waals surface area contributed by atoms with E-state index in [2.05, 4.69) is 15.3 Å². The quantitative estimate of drug-likeness (QED) is 0.684. The lowest BCUT2D eigenvalue weighted by Gasteiger charge is -2.11. The van der Waals surface area contributed by atoms with Crippen molar-refractivity contribution < 1.29 is 22.3 Å². The zero-order valence-corrected chi connectivity index (χ0v) is 11.3. The maximum atomic E-state index is 13.2. The fourth-order valence-corrected chi connectivity index (χ4v) is 1.69. The number of aromatic nitrogens is 2. The highest BCUT2D eigenvalue weighted by atomic mass is 35.5. The molecular weight excluding hydrogens is 314 g/mol. The maximum Gasteiger partial charge on any atom is 0.433 e. The van der Waals surface area contributed by atoms with Gasteiger partial charge in [-0.15, -0.1) is 0 Å². The number of hydrogen-bond acceptors (Lipinski definition) is 4. The van der Waals surface area contributed by atoms with Gasteiger partial charge in [0.1, 0.15) is 5.82 Å². The summed E-state index contributed by atoms with van der Waals surface area (Å²) in [5, 5.41) is 2.02. The number of methoxy groups -OCH3 is 1. The third-order valence-electron chi connectivity index (χ3n) is 2.41. The van der Waals surface area contributed by atoms with Gasteiger partial charge >= 0.3 is 6.18 Å². The summed E-state index contributed by atoms with van der Waals surface area (Å²) in [5.74, 6) is -0.827. The van der Waals surface area contributed by atoms with Crippen molar-refractivity contribution in [2.24, 2.45) is 0 Å². The molecule has 0 bridgehead atoms. The predicted molar refractivity (Wildman–Crippen MR) is 68.3 cm³/mol. The van der Waals surface area contributed by atoms with Crippen LogP contribution in [0.2, 0.25) is 5.28 Å². The largest absolute Gasteiger partial charge is 0.494 e. The van der Waals surface area contributed by atoms with E-state index in [9.17, 15) is 17.6 Å². The molecule has 2 rings (SSSR count). The third kappa shape index (κ3) is 3.72. The average molecular weight is 322 g/mol. The Morgan fingerprint density at radius 2 is 1.90 bits per heavy atom. The first-order valence-corrected chi connectivity index (χ1v) is 5.90. The van der Waals surface area contributed by atoms with Gasteiger partial charge in [-0.05, 0) is 23.7 Å². The van der Waals surface area contributed by atoms with Crippen LogP contribution in [0.5, 0.6) is 5.75 Å². The van der Waals surface area contributed by atoms with Crippen molar-refractivity contribution in [1.82, 2.24) is 9.97 Å². The first-order valence-electron chi connectivity index (χ1n) is 5.52. The molecule has 0 atom stereocenters. The minimum atomic E-state index is -4.65. The Hall–Kier alpha value is -2.09. The summed E-state index contributed by atoms with van der Waals surface area (Å²) < 4.78 is 55.9. The lowest BCUT2D eigenvalue weighted by Crippen LogP contribution is -2.10. The van der Waals surface area contributed by atoms with Crippen LogP contribution in [0.3, 0.4) is 0 Å². The molecule has 0 aliphatic rings.